The maximum Gasteiger partial charge on any atom is 0.166 e. The van der Waals surface area contributed by atoms with Crippen LogP contribution in [0.5, 0.6) is 0 Å². The molecular formula is C17H17ClN4OS. The molecule has 3 aromatic rings. The molecule has 7 heteroatoms. The Hall–Kier alpha value is -1.63. The molecule has 1 atom stereocenters. The number of fused-ring (bicyclic) bond motifs is 1. The Morgan fingerprint density at radius 2 is 2.21 bits per heavy atom. The van der Waals surface area contributed by atoms with Gasteiger partial charge in [-0.05, 0) is 37.0 Å². The van der Waals surface area contributed by atoms with Crippen molar-refractivity contribution in [1.29, 1.82) is 0 Å². The minimum Gasteiger partial charge on any atom is -0.358 e. The Kier molecular flexibility index (Phi) is 4.69. The molecule has 5 nitrogen and oxygen atoms in total. The van der Waals surface area contributed by atoms with Crippen LogP contribution in [0.4, 0.5) is 0 Å². The molecule has 1 saturated heterocycles. The van der Waals surface area contributed by atoms with Crippen LogP contribution in [-0.2, 0) is 10.5 Å². The topological polar surface area (TPSA) is 52.8 Å². The van der Waals surface area contributed by atoms with Crippen molar-refractivity contribution in [3.8, 4) is 0 Å². The predicted molar refractivity (Wildman–Crippen MR) is 95.2 cm³/mol. The van der Waals surface area contributed by atoms with E-state index in [1.54, 1.807) is 18.1 Å². The first kappa shape index (κ1) is 15.9. The smallest absolute Gasteiger partial charge is 0.166 e. The second-order valence-electron chi connectivity index (χ2n) is 5.74. The zero-order valence-corrected chi connectivity index (χ0v) is 14.6. The highest BCUT2D eigenvalue weighted by Gasteiger charge is 2.20. The number of aromatic nitrogens is 4. The van der Waals surface area contributed by atoms with E-state index in [0.29, 0.717) is 0 Å². The molecule has 0 unspecified atom stereocenters. The molecule has 1 aliphatic heterocycles. The molecule has 0 saturated carbocycles. The summed E-state index contributed by atoms with van der Waals surface area (Å²) in [5.41, 5.74) is 2.83. The number of benzene rings is 1. The Bertz CT molecular complexity index is 847. The number of nitrogens with zero attached hydrogens (tertiary/aromatic N) is 4. The molecule has 0 amide bonds. The molecule has 1 fully saturated rings. The van der Waals surface area contributed by atoms with E-state index in [0.717, 1.165) is 52.0 Å². The summed E-state index contributed by atoms with van der Waals surface area (Å²) in [6.07, 6.45) is 6.75. The summed E-state index contributed by atoms with van der Waals surface area (Å²) in [7, 11) is 0. The van der Waals surface area contributed by atoms with Gasteiger partial charge in [0.15, 0.2) is 5.65 Å². The van der Waals surface area contributed by atoms with Gasteiger partial charge in [-0.1, -0.05) is 35.5 Å². The molecule has 0 bridgehead atoms. The quantitative estimate of drug-likeness (QED) is 0.507. The van der Waals surface area contributed by atoms with Crippen molar-refractivity contribution < 1.29 is 4.74 Å². The molecular weight excluding hydrogens is 344 g/mol. The van der Waals surface area contributed by atoms with Crippen molar-refractivity contribution in [2.45, 2.75) is 36.3 Å². The van der Waals surface area contributed by atoms with Gasteiger partial charge in [0.05, 0.1) is 6.33 Å². The van der Waals surface area contributed by atoms with Crippen molar-refractivity contribution in [3.05, 3.63) is 47.5 Å². The molecule has 3 heterocycles. The molecule has 1 aromatic carbocycles. The highest BCUT2D eigenvalue weighted by molar-refractivity contribution is 7.98. The third-order valence-corrected chi connectivity index (χ3v) is 5.34. The molecule has 2 aromatic heterocycles. The first-order valence-electron chi connectivity index (χ1n) is 7.97. The molecule has 1 aliphatic rings. The van der Waals surface area contributed by atoms with Gasteiger partial charge in [-0.3, -0.25) is 4.57 Å². The van der Waals surface area contributed by atoms with Gasteiger partial charge in [0.1, 0.15) is 23.1 Å². The van der Waals surface area contributed by atoms with Crippen LogP contribution in [0.25, 0.3) is 11.2 Å². The Morgan fingerprint density at radius 1 is 1.25 bits per heavy atom. The maximum absolute atomic E-state index is 6.05. The fraction of sp³-hybridized carbons (Fsp3) is 0.353. The van der Waals surface area contributed by atoms with Gasteiger partial charge < -0.3 is 4.74 Å². The van der Waals surface area contributed by atoms with E-state index >= 15 is 0 Å². The fourth-order valence-electron chi connectivity index (χ4n) is 2.87. The first-order valence-corrected chi connectivity index (χ1v) is 9.34. The second-order valence-corrected chi connectivity index (χ2v) is 7.14. The standard InChI is InChI=1S/C17H17ClN4OS/c18-13-5-3-4-12(8-13)9-24-17-15-16(19-10-20-17)22(11-21-15)14-6-1-2-7-23-14/h3-5,8,10-11,14H,1-2,6-7,9H2/t14-/m0/s1. The van der Waals surface area contributed by atoms with E-state index in [9.17, 15) is 0 Å². The van der Waals surface area contributed by atoms with Crippen molar-refractivity contribution in [2.75, 3.05) is 6.61 Å². The molecule has 4 rings (SSSR count). The summed E-state index contributed by atoms with van der Waals surface area (Å²) in [5, 5.41) is 1.63. The highest BCUT2D eigenvalue weighted by Crippen LogP contribution is 2.30. The highest BCUT2D eigenvalue weighted by atomic mass is 35.5. The van der Waals surface area contributed by atoms with E-state index in [1.165, 1.54) is 6.42 Å². The van der Waals surface area contributed by atoms with Gasteiger partial charge in [-0.2, -0.15) is 0 Å². The summed E-state index contributed by atoms with van der Waals surface area (Å²) in [6, 6.07) is 7.88. The number of ether oxygens (including phenoxy) is 1. The molecule has 0 spiro atoms. The van der Waals surface area contributed by atoms with Crippen LogP contribution in [0.3, 0.4) is 0 Å². The van der Waals surface area contributed by atoms with E-state index in [2.05, 4.69) is 21.0 Å². The van der Waals surface area contributed by atoms with Crippen LogP contribution in [0.2, 0.25) is 5.02 Å². The monoisotopic (exact) mass is 360 g/mol. The van der Waals surface area contributed by atoms with Crippen molar-refractivity contribution in [2.24, 2.45) is 0 Å². The van der Waals surface area contributed by atoms with Crippen LogP contribution in [-0.4, -0.2) is 26.1 Å². The average Bonchev–Trinajstić information content (AvgIpc) is 3.05. The predicted octanol–water partition coefficient (Wildman–Crippen LogP) is 4.47. The number of hydrogen-bond acceptors (Lipinski definition) is 5. The van der Waals surface area contributed by atoms with Crippen molar-refractivity contribution in [3.63, 3.8) is 0 Å². The minimum atomic E-state index is 0.0319. The Labute approximate surface area is 149 Å². The SMILES string of the molecule is Clc1cccc(CSc2ncnc3c2ncn3[C@@H]2CCCCO2)c1. The summed E-state index contributed by atoms with van der Waals surface area (Å²) < 4.78 is 7.88. The van der Waals surface area contributed by atoms with Gasteiger partial charge in [-0.25, -0.2) is 15.0 Å². The summed E-state index contributed by atoms with van der Waals surface area (Å²) >= 11 is 7.69. The first-order chi connectivity index (χ1) is 11.8. The molecule has 0 radical (unpaired) electrons. The van der Waals surface area contributed by atoms with E-state index in [1.807, 2.05) is 29.1 Å². The number of imidazole rings is 1. The Balaban J connectivity index is 1.58. The lowest BCUT2D eigenvalue weighted by Crippen LogP contribution is -2.17. The largest absolute Gasteiger partial charge is 0.358 e. The normalized spacial score (nSPS) is 18.1. The van der Waals surface area contributed by atoms with Crippen LogP contribution >= 0.6 is 23.4 Å². The lowest BCUT2D eigenvalue weighted by molar-refractivity contribution is -0.0298. The van der Waals surface area contributed by atoms with Crippen LogP contribution < -0.4 is 0 Å². The lowest BCUT2D eigenvalue weighted by atomic mass is 10.2. The number of halogens is 1. The van der Waals surface area contributed by atoms with Crippen LogP contribution in [0.1, 0.15) is 31.1 Å². The van der Waals surface area contributed by atoms with Crippen LogP contribution in [0.15, 0.2) is 41.9 Å². The van der Waals surface area contributed by atoms with Gasteiger partial charge in [0, 0.05) is 17.4 Å². The Morgan fingerprint density at radius 3 is 3.04 bits per heavy atom. The zero-order valence-electron chi connectivity index (χ0n) is 13.1. The van der Waals surface area contributed by atoms with Gasteiger partial charge in [0.2, 0.25) is 0 Å². The number of rotatable bonds is 4. The number of hydrogen-bond donors (Lipinski definition) is 0. The molecule has 0 aliphatic carbocycles. The van der Waals surface area contributed by atoms with Gasteiger partial charge in [0.25, 0.3) is 0 Å². The fourth-order valence-corrected chi connectivity index (χ4v) is 3.97. The summed E-state index contributed by atoms with van der Waals surface area (Å²) in [5.74, 6) is 0.791. The maximum atomic E-state index is 6.05. The summed E-state index contributed by atoms with van der Waals surface area (Å²) in [4.78, 5) is 13.4. The van der Waals surface area contributed by atoms with Gasteiger partial charge in [-0.15, -0.1) is 0 Å². The van der Waals surface area contributed by atoms with Crippen molar-refractivity contribution in [1.82, 2.24) is 19.5 Å². The summed E-state index contributed by atoms with van der Waals surface area (Å²) in [6.45, 7) is 0.797. The second kappa shape index (κ2) is 7.09. The van der Waals surface area contributed by atoms with Crippen LogP contribution in [0, 0.1) is 0 Å². The third kappa shape index (κ3) is 3.27. The zero-order chi connectivity index (χ0) is 16.4. The van der Waals surface area contributed by atoms with Crippen molar-refractivity contribution >= 4 is 34.5 Å². The van der Waals surface area contributed by atoms with E-state index < -0.39 is 0 Å². The third-order valence-electron chi connectivity index (χ3n) is 4.06. The minimum absolute atomic E-state index is 0.0319. The molecule has 124 valence electrons. The molecule has 0 N–H and O–H groups in total. The van der Waals surface area contributed by atoms with E-state index in [-0.39, 0.29) is 6.23 Å². The average molecular weight is 361 g/mol. The van der Waals surface area contributed by atoms with E-state index in [4.69, 9.17) is 16.3 Å². The lowest BCUT2D eigenvalue weighted by Gasteiger charge is -2.23. The molecule has 24 heavy (non-hydrogen) atoms. The number of thioether (sulfide) groups is 1. The van der Waals surface area contributed by atoms with Gasteiger partial charge >= 0.3 is 0 Å².